The number of imidazole rings is 1. The Balaban J connectivity index is 2.16. The molecule has 1 aliphatic carbocycles. The SMILES string of the molecule is COc1ccc2[nH]c(=S)n(C3CCCC3OC)c2n1. The predicted molar refractivity (Wildman–Crippen MR) is 75.2 cm³/mol. The monoisotopic (exact) mass is 279 g/mol. The summed E-state index contributed by atoms with van der Waals surface area (Å²) in [5, 5.41) is 0. The van der Waals surface area contributed by atoms with E-state index in [-0.39, 0.29) is 12.1 Å². The first-order valence-electron chi connectivity index (χ1n) is 6.42. The zero-order valence-corrected chi connectivity index (χ0v) is 11.9. The molecule has 2 aromatic heterocycles. The summed E-state index contributed by atoms with van der Waals surface area (Å²) in [5.74, 6) is 0.599. The maximum Gasteiger partial charge on any atom is 0.215 e. The second kappa shape index (κ2) is 4.94. The van der Waals surface area contributed by atoms with Crippen molar-refractivity contribution in [3.8, 4) is 5.88 Å². The van der Waals surface area contributed by atoms with Crippen LogP contribution in [-0.4, -0.2) is 34.9 Å². The molecule has 1 aliphatic rings. The first kappa shape index (κ1) is 12.6. The summed E-state index contributed by atoms with van der Waals surface area (Å²) >= 11 is 5.44. The third-order valence-corrected chi connectivity index (χ3v) is 4.10. The normalized spacial score (nSPS) is 23.1. The van der Waals surface area contributed by atoms with Crippen molar-refractivity contribution in [2.24, 2.45) is 0 Å². The Labute approximate surface area is 116 Å². The van der Waals surface area contributed by atoms with Crippen LogP contribution in [-0.2, 0) is 4.74 Å². The Bertz CT molecular complexity index is 649. The van der Waals surface area contributed by atoms with E-state index in [1.165, 1.54) is 0 Å². The van der Waals surface area contributed by atoms with Gasteiger partial charge in [0.1, 0.15) is 0 Å². The van der Waals surface area contributed by atoms with Crippen LogP contribution in [0, 0.1) is 4.77 Å². The molecule has 0 amide bonds. The third-order valence-electron chi connectivity index (χ3n) is 3.80. The molecule has 3 rings (SSSR count). The van der Waals surface area contributed by atoms with E-state index >= 15 is 0 Å². The number of ether oxygens (including phenoxy) is 2. The lowest BCUT2D eigenvalue weighted by atomic mass is 10.2. The molecule has 0 aliphatic heterocycles. The van der Waals surface area contributed by atoms with E-state index in [4.69, 9.17) is 21.7 Å². The van der Waals surface area contributed by atoms with Crippen LogP contribution in [0.1, 0.15) is 25.3 Å². The number of aromatic amines is 1. The fourth-order valence-electron chi connectivity index (χ4n) is 2.88. The molecule has 0 aromatic carbocycles. The molecule has 2 unspecified atom stereocenters. The molecule has 0 saturated heterocycles. The molecule has 2 atom stereocenters. The fourth-order valence-corrected chi connectivity index (χ4v) is 3.21. The third kappa shape index (κ3) is 2.04. The molecule has 6 heteroatoms. The molecule has 0 spiro atoms. The van der Waals surface area contributed by atoms with Gasteiger partial charge in [-0.3, -0.25) is 4.57 Å². The zero-order chi connectivity index (χ0) is 13.4. The van der Waals surface area contributed by atoms with E-state index < -0.39 is 0 Å². The average molecular weight is 279 g/mol. The Kier molecular flexibility index (Phi) is 3.28. The minimum atomic E-state index is 0.207. The Hall–Kier alpha value is -1.40. The van der Waals surface area contributed by atoms with Crippen molar-refractivity contribution in [3.05, 3.63) is 16.9 Å². The number of hydrogen-bond donors (Lipinski definition) is 1. The van der Waals surface area contributed by atoms with Crippen molar-refractivity contribution in [1.29, 1.82) is 0 Å². The Morgan fingerprint density at radius 3 is 2.95 bits per heavy atom. The fraction of sp³-hybridized carbons (Fsp3) is 0.538. The average Bonchev–Trinajstić information content (AvgIpc) is 3.00. The molecule has 1 saturated carbocycles. The highest BCUT2D eigenvalue weighted by atomic mass is 32.1. The lowest BCUT2D eigenvalue weighted by Crippen LogP contribution is -2.21. The summed E-state index contributed by atoms with van der Waals surface area (Å²) in [4.78, 5) is 7.72. The molecular weight excluding hydrogens is 262 g/mol. The molecule has 1 N–H and O–H groups in total. The van der Waals surface area contributed by atoms with Gasteiger partial charge in [0.05, 0.1) is 24.8 Å². The molecule has 2 heterocycles. The van der Waals surface area contributed by atoms with Gasteiger partial charge in [-0.05, 0) is 37.5 Å². The lowest BCUT2D eigenvalue weighted by Gasteiger charge is -2.20. The first-order chi connectivity index (χ1) is 9.24. The number of methoxy groups -OCH3 is 2. The van der Waals surface area contributed by atoms with E-state index in [1.54, 1.807) is 14.2 Å². The Morgan fingerprint density at radius 2 is 2.21 bits per heavy atom. The van der Waals surface area contributed by atoms with Crippen LogP contribution in [0.4, 0.5) is 0 Å². The molecule has 19 heavy (non-hydrogen) atoms. The van der Waals surface area contributed by atoms with Crippen molar-refractivity contribution in [1.82, 2.24) is 14.5 Å². The van der Waals surface area contributed by atoms with Crippen LogP contribution in [0.2, 0.25) is 0 Å². The van der Waals surface area contributed by atoms with Crippen LogP contribution >= 0.6 is 12.2 Å². The van der Waals surface area contributed by atoms with Crippen molar-refractivity contribution in [3.63, 3.8) is 0 Å². The standard InChI is InChI=1S/C13H17N3O2S/c1-17-10-5-3-4-9(10)16-12-8(14-13(16)19)6-7-11(15-12)18-2/h6-7,9-10H,3-5H2,1-2H3,(H,14,19). The van der Waals surface area contributed by atoms with Gasteiger partial charge >= 0.3 is 0 Å². The van der Waals surface area contributed by atoms with Gasteiger partial charge in [0.2, 0.25) is 5.88 Å². The van der Waals surface area contributed by atoms with Crippen molar-refractivity contribution in [2.45, 2.75) is 31.4 Å². The summed E-state index contributed by atoms with van der Waals surface area (Å²) < 4.78 is 13.5. The largest absolute Gasteiger partial charge is 0.481 e. The van der Waals surface area contributed by atoms with Crippen molar-refractivity contribution < 1.29 is 9.47 Å². The number of nitrogens with one attached hydrogen (secondary N) is 1. The molecule has 2 aromatic rings. The highest BCUT2D eigenvalue weighted by Crippen LogP contribution is 2.34. The van der Waals surface area contributed by atoms with Gasteiger partial charge in [0, 0.05) is 13.2 Å². The number of rotatable bonds is 3. The van der Waals surface area contributed by atoms with Gasteiger partial charge in [-0.25, -0.2) is 0 Å². The number of pyridine rings is 1. The van der Waals surface area contributed by atoms with Gasteiger partial charge in [0.25, 0.3) is 0 Å². The van der Waals surface area contributed by atoms with E-state index in [2.05, 4.69) is 14.5 Å². The zero-order valence-electron chi connectivity index (χ0n) is 11.0. The second-order valence-corrected chi connectivity index (χ2v) is 5.18. The summed E-state index contributed by atoms with van der Waals surface area (Å²) in [6.07, 6.45) is 3.50. The second-order valence-electron chi connectivity index (χ2n) is 4.80. The maximum absolute atomic E-state index is 5.57. The summed E-state index contributed by atoms with van der Waals surface area (Å²) in [6.45, 7) is 0. The van der Waals surface area contributed by atoms with E-state index in [0.29, 0.717) is 10.7 Å². The summed E-state index contributed by atoms with van der Waals surface area (Å²) in [5.41, 5.74) is 1.78. The quantitative estimate of drug-likeness (QED) is 0.878. The van der Waals surface area contributed by atoms with Gasteiger partial charge < -0.3 is 14.5 Å². The number of hydrogen-bond acceptors (Lipinski definition) is 4. The van der Waals surface area contributed by atoms with Gasteiger partial charge in [0.15, 0.2) is 10.4 Å². The van der Waals surface area contributed by atoms with Crippen LogP contribution in [0.3, 0.4) is 0 Å². The topological polar surface area (TPSA) is 52.1 Å². The van der Waals surface area contributed by atoms with Crippen LogP contribution in [0.15, 0.2) is 12.1 Å². The Morgan fingerprint density at radius 1 is 1.37 bits per heavy atom. The molecule has 0 bridgehead atoms. The van der Waals surface area contributed by atoms with Crippen molar-refractivity contribution >= 4 is 23.4 Å². The number of H-pyrrole nitrogens is 1. The van der Waals surface area contributed by atoms with Crippen molar-refractivity contribution in [2.75, 3.05) is 14.2 Å². The minimum absolute atomic E-state index is 0.207. The van der Waals surface area contributed by atoms with Crippen LogP contribution in [0.25, 0.3) is 11.2 Å². The van der Waals surface area contributed by atoms with Gasteiger partial charge in [-0.15, -0.1) is 0 Å². The minimum Gasteiger partial charge on any atom is -0.481 e. The molecule has 1 fully saturated rings. The smallest absolute Gasteiger partial charge is 0.215 e. The molecule has 0 radical (unpaired) electrons. The van der Waals surface area contributed by atoms with E-state index in [1.807, 2.05) is 12.1 Å². The summed E-state index contributed by atoms with van der Waals surface area (Å²) in [7, 11) is 3.38. The predicted octanol–water partition coefficient (Wildman–Crippen LogP) is 2.84. The molecule has 5 nitrogen and oxygen atoms in total. The molecule has 102 valence electrons. The number of fused-ring (bicyclic) bond motifs is 1. The first-order valence-corrected chi connectivity index (χ1v) is 6.83. The highest BCUT2D eigenvalue weighted by molar-refractivity contribution is 7.71. The van der Waals surface area contributed by atoms with Gasteiger partial charge in [-0.1, -0.05) is 0 Å². The number of aromatic nitrogens is 3. The van der Waals surface area contributed by atoms with E-state index in [0.717, 1.165) is 30.4 Å². The summed E-state index contributed by atoms with van der Waals surface area (Å²) in [6, 6.07) is 4.04. The maximum atomic E-state index is 5.57. The van der Waals surface area contributed by atoms with E-state index in [9.17, 15) is 0 Å². The van der Waals surface area contributed by atoms with Crippen LogP contribution < -0.4 is 4.74 Å². The van der Waals surface area contributed by atoms with Gasteiger partial charge in [-0.2, -0.15) is 4.98 Å². The highest BCUT2D eigenvalue weighted by Gasteiger charge is 2.30. The van der Waals surface area contributed by atoms with Crippen LogP contribution in [0.5, 0.6) is 5.88 Å². The number of nitrogens with zero attached hydrogens (tertiary/aromatic N) is 2. The lowest BCUT2D eigenvalue weighted by molar-refractivity contribution is 0.0756. The molecular formula is C13H17N3O2S.